The Hall–Kier alpha value is -3.84. The van der Waals surface area contributed by atoms with Crippen LogP contribution in [0.2, 0.25) is 0 Å². The number of fused-ring (bicyclic) bond motifs is 2. The van der Waals surface area contributed by atoms with Crippen LogP contribution < -0.4 is 4.74 Å². The summed E-state index contributed by atoms with van der Waals surface area (Å²) in [5.74, 6) is 1.84. The Kier molecular flexibility index (Phi) is 3.54. The van der Waals surface area contributed by atoms with E-state index in [1.54, 1.807) is 0 Å². The molecular formula is C28H18O. The van der Waals surface area contributed by atoms with E-state index in [-0.39, 0.29) is 0 Å². The summed E-state index contributed by atoms with van der Waals surface area (Å²) in [7, 11) is 0. The highest BCUT2D eigenvalue weighted by Gasteiger charge is 2.21. The second kappa shape index (κ2) is 6.35. The molecule has 0 saturated carbocycles. The Morgan fingerprint density at radius 2 is 1.10 bits per heavy atom. The van der Waals surface area contributed by atoms with Gasteiger partial charge in [0.15, 0.2) is 0 Å². The second-order valence-corrected chi connectivity index (χ2v) is 7.38. The van der Waals surface area contributed by atoms with Crippen LogP contribution in [0.5, 0.6) is 11.5 Å². The number of ether oxygens (including phenoxy) is 1. The molecule has 5 aromatic rings. The van der Waals surface area contributed by atoms with Gasteiger partial charge in [-0.15, -0.1) is 0 Å². The fourth-order valence-electron chi connectivity index (χ4n) is 4.31. The van der Waals surface area contributed by atoms with E-state index in [2.05, 4.69) is 103 Å². The van der Waals surface area contributed by atoms with Crippen molar-refractivity contribution in [2.24, 2.45) is 0 Å². The summed E-state index contributed by atoms with van der Waals surface area (Å²) in [5.41, 5.74) is 7.20. The average molecular weight is 370 g/mol. The van der Waals surface area contributed by atoms with Gasteiger partial charge < -0.3 is 4.74 Å². The summed E-state index contributed by atoms with van der Waals surface area (Å²) in [5, 5.41) is 2.41. The quantitative estimate of drug-likeness (QED) is 0.300. The molecule has 0 saturated heterocycles. The van der Waals surface area contributed by atoms with Gasteiger partial charge >= 0.3 is 0 Å². The predicted octanol–water partition coefficient (Wildman–Crippen LogP) is 7.95. The number of rotatable bonds is 2. The molecule has 5 aromatic carbocycles. The third kappa shape index (κ3) is 2.55. The van der Waals surface area contributed by atoms with Crippen molar-refractivity contribution in [2.75, 3.05) is 0 Å². The highest BCUT2D eigenvalue weighted by Crippen LogP contribution is 2.49. The van der Waals surface area contributed by atoms with Crippen molar-refractivity contribution in [1.29, 1.82) is 0 Å². The Morgan fingerprint density at radius 1 is 0.414 bits per heavy atom. The summed E-state index contributed by atoms with van der Waals surface area (Å²) in [6.45, 7) is 0. The van der Waals surface area contributed by atoms with Crippen LogP contribution in [0.15, 0.2) is 109 Å². The molecule has 0 unspecified atom stereocenters. The van der Waals surface area contributed by atoms with E-state index in [0.717, 1.165) is 17.1 Å². The van der Waals surface area contributed by atoms with Gasteiger partial charge in [0.25, 0.3) is 0 Å². The van der Waals surface area contributed by atoms with Gasteiger partial charge in [-0.3, -0.25) is 0 Å². The standard InChI is InChI=1S/C28H18O/c1-3-8-19(9-4-1)21-14-15-23-25-17-16-22(20-10-5-2-6-11-20)24-12-7-13-26(28(24)25)29-27(23)18-21/h1-18H. The van der Waals surface area contributed by atoms with E-state index in [9.17, 15) is 0 Å². The number of benzene rings is 5. The summed E-state index contributed by atoms with van der Waals surface area (Å²) >= 11 is 0. The van der Waals surface area contributed by atoms with Crippen LogP contribution >= 0.6 is 0 Å². The van der Waals surface area contributed by atoms with E-state index >= 15 is 0 Å². The lowest BCUT2D eigenvalue weighted by Gasteiger charge is -2.23. The molecule has 1 aliphatic rings. The Morgan fingerprint density at radius 3 is 1.90 bits per heavy atom. The van der Waals surface area contributed by atoms with Crippen molar-refractivity contribution >= 4 is 10.8 Å². The molecule has 0 aromatic heterocycles. The van der Waals surface area contributed by atoms with Gasteiger partial charge in [-0.2, -0.15) is 0 Å². The Labute approximate surface area is 169 Å². The number of hydrogen-bond donors (Lipinski definition) is 0. The van der Waals surface area contributed by atoms with Crippen molar-refractivity contribution < 1.29 is 4.74 Å². The first-order valence-electron chi connectivity index (χ1n) is 9.87. The maximum absolute atomic E-state index is 6.40. The smallest absolute Gasteiger partial charge is 0.135 e. The van der Waals surface area contributed by atoms with Gasteiger partial charge in [0.2, 0.25) is 0 Å². The lowest BCUT2D eigenvalue weighted by molar-refractivity contribution is 0.487. The zero-order valence-electron chi connectivity index (χ0n) is 15.8. The monoisotopic (exact) mass is 370 g/mol. The van der Waals surface area contributed by atoms with Crippen LogP contribution in [0, 0.1) is 0 Å². The van der Waals surface area contributed by atoms with Crippen molar-refractivity contribution in [1.82, 2.24) is 0 Å². The average Bonchev–Trinajstić information content (AvgIpc) is 2.80. The van der Waals surface area contributed by atoms with Crippen LogP contribution in [-0.2, 0) is 0 Å². The van der Waals surface area contributed by atoms with Crippen LogP contribution in [0.4, 0.5) is 0 Å². The van der Waals surface area contributed by atoms with Crippen LogP contribution in [-0.4, -0.2) is 0 Å². The summed E-state index contributed by atoms with van der Waals surface area (Å²) in [6, 6.07) is 38.3. The maximum atomic E-state index is 6.40. The molecule has 136 valence electrons. The zero-order valence-corrected chi connectivity index (χ0v) is 15.8. The molecule has 0 radical (unpaired) electrons. The Bertz CT molecular complexity index is 1350. The van der Waals surface area contributed by atoms with E-state index in [0.29, 0.717) is 0 Å². The summed E-state index contributed by atoms with van der Waals surface area (Å²) < 4.78 is 6.40. The van der Waals surface area contributed by atoms with Crippen molar-refractivity contribution in [3.63, 3.8) is 0 Å². The summed E-state index contributed by atoms with van der Waals surface area (Å²) in [6.07, 6.45) is 0. The fourth-order valence-corrected chi connectivity index (χ4v) is 4.31. The molecule has 29 heavy (non-hydrogen) atoms. The first-order chi connectivity index (χ1) is 14.4. The minimum Gasteiger partial charge on any atom is -0.456 e. The molecular weight excluding hydrogens is 352 g/mol. The SMILES string of the molecule is c1ccc(-c2ccc3c(c2)Oc2cccc4c(-c5ccccc5)ccc-3c24)cc1. The third-order valence-corrected chi connectivity index (χ3v) is 5.69. The first kappa shape index (κ1) is 16.1. The highest BCUT2D eigenvalue weighted by atomic mass is 16.5. The molecule has 1 nitrogen and oxygen atoms in total. The number of hydrogen-bond acceptors (Lipinski definition) is 1. The molecule has 0 spiro atoms. The zero-order chi connectivity index (χ0) is 19.2. The van der Waals surface area contributed by atoms with Crippen LogP contribution in [0.3, 0.4) is 0 Å². The molecule has 0 amide bonds. The normalized spacial score (nSPS) is 11.7. The minimum absolute atomic E-state index is 0.916. The van der Waals surface area contributed by atoms with E-state index in [4.69, 9.17) is 4.74 Å². The lowest BCUT2D eigenvalue weighted by Crippen LogP contribution is -1.98. The molecule has 1 aliphatic heterocycles. The minimum atomic E-state index is 0.916. The van der Waals surface area contributed by atoms with Crippen LogP contribution in [0.1, 0.15) is 0 Å². The van der Waals surface area contributed by atoms with E-state index < -0.39 is 0 Å². The van der Waals surface area contributed by atoms with Crippen molar-refractivity contribution in [3.8, 4) is 44.9 Å². The molecule has 1 heteroatoms. The predicted molar refractivity (Wildman–Crippen MR) is 120 cm³/mol. The van der Waals surface area contributed by atoms with E-state index in [1.807, 2.05) is 6.07 Å². The third-order valence-electron chi connectivity index (χ3n) is 5.69. The molecule has 0 fully saturated rings. The van der Waals surface area contributed by atoms with Crippen molar-refractivity contribution in [3.05, 3.63) is 109 Å². The van der Waals surface area contributed by atoms with Gasteiger partial charge in [-0.05, 0) is 51.4 Å². The van der Waals surface area contributed by atoms with Gasteiger partial charge in [-0.25, -0.2) is 0 Å². The molecule has 0 N–H and O–H groups in total. The lowest BCUT2D eigenvalue weighted by atomic mass is 9.89. The molecule has 1 heterocycles. The topological polar surface area (TPSA) is 9.23 Å². The first-order valence-corrected chi connectivity index (χ1v) is 9.87. The largest absolute Gasteiger partial charge is 0.456 e. The second-order valence-electron chi connectivity index (χ2n) is 7.38. The van der Waals surface area contributed by atoms with Gasteiger partial charge in [0, 0.05) is 10.9 Å². The molecule has 0 aliphatic carbocycles. The highest BCUT2D eigenvalue weighted by molar-refractivity contribution is 6.10. The van der Waals surface area contributed by atoms with E-state index in [1.165, 1.54) is 38.6 Å². The van der Waals surface area contributed by atoms with Crippen molar-refractivity contribution in [2.45, 2.75) is 0 Å². The molecule has 0 bridgehead atoms. The fraction of sp³-hybridized carbons (Fsp3) is 0. The van der Waals surface area contributed by atoms with Gasteiger partial charge in [0.1, 0.15) is 11.5 Å². The molecule has 0 atom stereocenters. The maximum Gasteiger partial charge on any atom is 0.135 e. The van der Waals surface area contributed by atoms with Crippen LogP contribution in [0.25, 0.3) is 44.2 Å². The Balaban J connectivity index is 1.57. The summed E-state index contributed by atoms with van der Waals surface area (Å²) in [4.78, 5) is 0. The molecule has 6 rings (SSSR count). The van der Waals surface area contributed by atoms with Gasteiger partial charge in [-0.1, -0.05) is 91.0 Å². The van der Waals surface area contributed by atoms with Gasteiger partial charge in [0.05, 0.1) is 0 Å².